The van der Waals surface area contributed by atoms with Crippen molar-refractivity contribution < 1.29 is 9.72 Å². The molecule has 1 fully saturated rings. The fourth-order valence-electron chi connectivity index (χ4n) is 3.11. The minimum absolute atomic E-state index is 0.00156. The molecule has 7 nitrogen and oxygen atoms in total. The van der Waals surface area contributed by atoms with Crippen LogP contribution in [0.15, 0.2) is 59.6 Å². The Labute approximate surface area is 192 Å². The van der Waals surface area contributed by atoms with E-state index in [4.69, 9.17) is 23.8 Å². The zero-order chi connectivity index (χ0) is 22.0. The van der Waals surface area contributed by atoms with Gasteiger partial charge in [-0.25, -0.2) is 0 Å². The van der Waals surface area contributed by atoms with Gasteiger partial charge in [-0.1, -0.05) is 35.6 Å². The van der Waals surface area contributed by atoms with E-state index in [1.807, 2.05) is 18.2 Å². The predicted molar refractivity (Wildman–Crippen MR) is 128 cm³/mol. The molecule has 0 saturated carbocycles. The number of hydrogen-bond acceptors (Lipinski definition) is 7. The maximum atomic E-state index is 12.8. The fourth-order valence-corrected chi connectivity index (χ4v) is 4.59. The van der Waals surface area contributed by atoms with Crippen molar-refractivity contribution in [3.05, 3.63) is 80.3 Å². The van der Waals surface area contributed by atoms with Gasteiger partial charge in [0.05, 0.1) is 15.3 Å². The van der Waals surface area contributed by atoms with Crippen molar-refractivity contribution in [2.75, 3.05) is 18.4 Å². The summed E-state index contributed by atoms with van der Waals surface area (Å²) >= 11 is 12.6. The summed E-state index contributed by atoms with van der Waals surface area (Å²) in [6, 6.07) is 13.4. The number of nitro groups is 1. The predicted octanol–water partition coefficient (Wildman–Crippen LogP) is 5.11. The standard InChI is InChI=1S/C21H15ClN4O3S2/c22-14-3-6-16-17(7-8-23-18(16)12-14)24-9-10-25-20(27)19(31-21(25)30)11-13-1-4-15(5-2-13)26(28)29/h1-8,11-12H,9-10H2,(H,23,24)/b19-11-. The largest absolute Gasteiger partial charge is 0.383 e. The van der Waals surface area contributed by atoms with E-state index in [9.17, 15) is 14.9 Å². The second-order valence-electron chi connectivity index (χ2n) is 6.63. The number of pyridine rings is 1. The van der Waals surface area contributed by atoms with Gasteiger partial charge in [0.25, 0.3) is 11.6 Å². The molecule has 2 heterocycles. The van der Waals surface area contributed by atoms with E-state index in [1.165, 1.54) is 23.9 Å². The summed E-state index contributed by atoms with van der Waals surface area (Å²) in [5.41, 5.74) is 2.38. The van der Waals surface area contributed by atoms with Crippen LogP contribution in [0.3, 0.4) is 0 Å². The Kier molecular flexibility index (Phi) is 6.17. The molecule has 1 aliphatic rings. The Morgan fingerprint density at radius 2 is 2.00 bits per heavy atom. The number of carbonyl (C=O) groups excluding carboxylic acids is 1. The summed E-state index contributed by atoms with van der Waals surface area (Å²) in [4.78, 5) is 29.4. The van der Waals surface area contributed by atoms with Crippen LogP contribution in [-0.4, -0.2) is 38.1 Å². The molecule has 0 spiro atoms. The molecule has 0 bridgehead atoms. The average Bonchev–Trinajstić information content (AvgIpc) is 3.01. The number of thioether (sulfide) groups is 1. The molecular formula is C21H15ClN4O3S2. The van der Waals surface area contributed by atoms with Gasteiger partial charge in [0.1, 0.15) is 4.32 Å². The van der Waals surface area contributed by atoms with Gasteiger partial charge in [-0.2, -0.15) is 0 Å². The molecule has 156 valence electrons. The second-order valence-corrected chi connectivity index (χ2v) is 8.74. The number of nitrogens with zero attached hydrogens (tertiary/aromatic N) is 3. The number of nitro benzene ring substituents is 1. The number of thiocarbonyl (C=S) groups is 1. The molecule has 0 unspecified atom stereocenters. The van der Waals surface area contributed by atoms with Gasteiger partial charge < -0.3 is 5.32 Å². The minimum Gasteiger partial charge on any atom is -0.383 e. The van der Waals surface area contributed by atoms with Gasteiger partial charge in [-0.3, -0.25) is 24.8 Å². The van der Waals surface area contributed by atoms with E-state index < -0.39 is 4.92 Å². The van der Waals surface area contributed by atoms with Gasteiger partial charge in [0.15, 0.2) is 0 Å². The molecule has 2 aromatic carbocycles. The number of benzene rings is 2. The van der Waals surface area contributed by atoms with Crippen LogP contribution in [-0.2, 0) is 4.79 Å². The van der Waals surface area contributed by atoms with Crippen molar-refractivity contribution in [2.45, 2.75) is 0 Å². The highest BCUT2D eigenvalue weighted by molar-refractivity contribution is 8.26. The Hall–Kier alpha value is -3.01. The third-order valence-corrected chi connectivity index (χ3v) is 6.24. The lowest BCUT2D eigenvalue weighted by atomic mass is 10.2. The van der Waals surface area contributed by atoms with Gasteiger partial charge in [-0.05, 0) is 48.0 Å². The monoisotopic (exact) mass is 470 g/mol. The van der Waals surface area contributed by atoms with E-state index >= 15 is 0 Å². The topological polar surface area (TPSA) is 88.4 Å². The number of fused-ring (bicyclic) bond motifs is 1. The zero-order valence-corrected chi connectivity index (χ0v) is 18.3. The Bertz CT molecular complexity index is 1230. The first-order chi connectivity index (χ1) is 14.9. The molecule has 10 heteroatoms. The van der Waals surface area contributed by atoms with Crippen molar-refractivity contribution in [1.82, 2.24) is 9.88 Å². The number of amides is 1. The number of aromatic nitrogens is 1. The quantitative estimate of drug-likeness (QED) is 0.232. The van der Waals surface area contributed by atoms with Gasteiger partial charge in [-0.15, -0.1) is 0 Å². The Morgan fingerprint density at radius 3 is 2.74 bits per heavy atom. The highest BCUT2D eigenvalue weighted by atomic mass is 35.5. The maximum Gasteiger partial charge on any atom is 0.269 e. The van der Waals surface area contributed by atoms with Crippen LogP contribution in [0.4, 0.5) is 11.4 Å². The van der Waals surface area contributed by atoms with Crippen LogP contribution in [0.2, 0.25) is 5.02 Å². The van der Waals surface area contributed by atoms with Gasteiger partial charge in [0, 0.05) is 47.5 Å². The first-order valence-corrected chi connectivity index (χ1v) is 10.8. The van der Waals surface area contributed by atoms with Crippen molar-refractivity contribution in [3.8, 4) is 0 Å². The summed E-state index contributed by atoms with van der Waals surface area (Å²) in [5, 5.41) is 15.7. The summed E-state index contributed by atoms with van der Waals surface area (Å²) in [7, 11) is 0. The minimum atomic E-state index is -0.461. The summed E-state index contributed by atoms with van der Waals surface area (Å²) in [6.07, 6.45) is 3.39. The molecule has 1 amide bonds. The number of halogens is 1. The first-order valence-electron chi connectivity index (χ1n) is 9.20. The van der Waals surface area contributed by atoms with Gasteiger partial charge >= 0.3 is 0 Å². The second kappa shape index (κ2) is 9.01. The van der Waals surface area contributed by atoms with Crippen LogP contribution < -0.4 is 5.32 Å². The highest BCUT2D eigenvalue weighted by Crippen LogP contribution is 2.32. The smallest absolute Gasteiger partial charge is 0.269 e. The molecule has 1 saturated heterocycles. The van der Waals surface area contributed by atoms with E-state index in [0.29, 0.717) is 32.9 Å². The lowest BCUT2D eigenvalue weighted by molar-refractivity contribution is -0.384. The lowest BCUT2D eigenvalue weighted by Crippen LogP contribution is -2.32. The van der Waals surface area contributed by atoms with Crippen molar-refractivity contribution in [1.29, 1.82) is 0 Å². The van der Waals surface area contributed by atoms with Gasteiger partial charge in [0.2, 0.25) is 0 Å². The summed E-state index contributed by atoms with van der Waals surface area (Å²) in [5.74, 6) is -0.179. The van der Waals surface area contributed by atoms with Crippen LogP contribution in [0, 0.1) is 10.1 Å². The lowest BCUT2D eigenvalue weighted by Gasteiger charge is -2.16. The molecule has 0 radical (unpaired) electrons. The number of anilines is 1. The molecule has 0 aliphatic carbocycles. The molecule has 31 heavy (non-hydrogen) atoms. The Balaban J connectivity index is 1.42. The average molecular weight is 471 g/mol. The Morgan fingerprint density at radius 1 is 1.23 bits per heavy atom. The van der Waals surface area contributed by atoms with E-state index in [0.717, 1.165) is 16.6 Å². The van der Waals surface area contributed by atoms with E-state index in [2.05, 4.69) is 10.3 Å². The first kappa shape index (κ1) is 21.2. The van der Waals surface area contributed by atoms with Crippen molar-refractivity contribution in [2.24, 2.45) is 0 Å². The van der Waals surface area contributed by atoms with E-state index in [1.54, 1.807) is 35.4 Å². The van der Waals surface area contributed by atoms with Crippen molar-refractivity contribution in [3.63, 3.8) is 0 Å². The molecule has 1 aliphatic heterocycles. The van der Waals surface area contributed by atoms with Crippen LogP contribution in [0.1, 0.15) is 5.56 Å². The highest BCUT2D eigenvalue weighted by Gasteiger charge is 2.31. The molecule has 1 aromatic heterocycles. The molecule has 0 atom stereocenters. The maximum absolute atomic E-state index is 12.8. The number of non-ortho nitro benzene ring substituents is 1. The van der Waals surface area contributed by atoms with Crippen LogP contribution in [0.5, 0.6) is 0 Å². The molecule has 4 rings (SSSR count). The molecule has 3 aromatic rings. The van der Waals surface area contributed by atoms with Crippen LogP contribution in [0.25, 0.3) is 17.0 Å². The molecule has 1 N–H and O–H groups in total. The third kappa shape index (κ3) is 4.68. The SMILES string of the molecule is O=C1/C(=C/c2ccc([N+](=O)[O-])cc2)SC(=S)N1CCNc1ccnc2cc(Cl)ccc12. The number of nitrogens with one attached hydrogen (secondary N) is 1. The summed E-state index contributed by atoms with van der Waals surface area (Å²) in [6.45, 7) is 0.901. The molecular weight excluding hydrogens is 456 g/mol. The van der Waals surface area contributed by atoms with Crippen LogP contribution >= 0.6 is 35.6 Å². The number of carbonyl (C=O) groups is 1. The third-order valence-electron chi connectivity index (χ3n) is 4.63. The zero-order valence-electron chi connectivity index (χ0n) is 15.9. The normalized spacial score (nSPS) is 15.1. The fraction of sp³-hybridized carbons (Fsp3) is 0.0952. The van der Waals surface area contributed by atoms with E-state index in [-0.39, 0.29) is 11.6 Å². The van der Waals surface area contributed by atoms with Crippen molar-refractivity contribution >= 4 is 74.2 Å². The summed E-state index contributed by atoms with van der Waals surface area (Å²) < 4.78 is 0.478. The number of rotatable bonds is 6. The number of hydrogen-bond donors (Lipinski definition) is 1.